The van der Waals surface area contributed by atoms with E-state index in [1.165, 1.54) is 12.0 Å². The van der Waals surface area contributed by atoms with Gasteiger partial charge >= 0.3 is 12.1 Å². The number of nitrogens with one attached hydrogen (secondary N) is 6. The number of hydrogen-bond acceptors (Lipinski definition) is 9. The summed E-state index contributed by atoms with van der Waals surface area (Å²) in [5, 5.41) is 13.0. The first-order chi connectivity index (χ1) is 22.9. The Kier molecular flexibility index (Phi) is 17.4. The maximum atomic E-state index is 13.1. The van der Waals surface area contributed by atoms with Gasteiger partial charge in [0.2, 0.25) is 29.5 Å². The minimum atomic E-state index is -0.978. The Balaban J connectivity index is 1.81. The van der Waals surface area contributed by atoms with Crippen LogP contribution in [0.5, 0.6) is 0 Å². The van der Waals surface area contributed by atoms with Crippen LogP contribution in [0.3, 0.4) is 0 Å². The third kappa shape index (κ3) is 14.4. The number of alkyl carbamates (subject to hydrolysis) is 1. The van der Waals surface area contributed by atoms with E-state index in [1.807, 2.05) is 13.8 Å². The van der Waals surface area contributed by atoms with Gasteiger partial charge < -0.3 is 31.3 Å². The van der Waals surface area contributed by atoms with Gasteiger partial charge in [0, 0.05) is 44.1 Å². The van der Waals surface area contributed by atoms with Crippen molar-refractivity contribution in [1.82, 2.24) is 31.6 Å². The van der Waals surface area contributed by atoms with Gasteiger partial charge in [0.1, 0.15) is 12.6 Å². The highest BCUT2D eigenvalue weighted by atomic mass is 16.6. The number of benzene rings is 1. The highest BCUT2D eigenvalue weighted by Crippen LogP contribution is 2.26. The minimum absolute atomic E-state index is 0.0492. The lowest BCUT2D eigenvalue weighted by Gasteiger charge is -2.19. The van der Waals surface area contributed by atoms with Crippen LogP contribution in [-0.2, 0) is 40.2 Å². The zero-order valence-electron chi connectivity index (χ0n) is 28.1. The lowest BCUT2D eigenvalue weighted by molar-refractivity contribution is -0.140. The number of amides is 8. The van der Waals surface area contributed by atoms with Crippen molar-refractivity contribution in [2.75, 3.05) is 38.6 Å². The fourth-order valence-electron chi connectivity index (χ4n) is 4.87. The molecular weight excluding hydrogens is 626 g/mol. The number of rotatable bonds is 20. The molecule has 2 rings (SSSR count). The lowest BCUT2D eigenvalue weighted by Crippen LogP contribution is -2.47. The van der Waals surface area contributed by atoms with Crippen LogP contribution in [0.25, 0.3) is 0 Å². The smallest absolute Gasteiger partial charge is 0.407 e. The monoisotopic (exact) mass is 675 g/mol. The molecule has 16 nitrogen and oxygen atoms in total. The molecule has 1 fully saturated rings. The first-order valence-corrected chi connectivity index (χ1v) is 16.2. The van der Waals surface area contributed by atoms with Gasteiger partial charge in [0.25, 0.3) is 0 Å². The fraction of sp³-hybridized carbons (Fsp3) is 0.594. The largest absolute Gasteiger partial charge is 0.445 e. The van der Waals surface area contributed by atoms with E-state index in [4.69, 9.17) is 4.74 Å². The van der Waals surface area contributed by atoms with E-state index >= 15 is 0 Å². The summed E-state index contributed by atoms with van der Waals surface area (Å²) in [6.45, 7) is 6.30. The van der Waals surface area contributed by atoms with E-state index in [2.05, 4.69) is 36.9 Å². The fourth-order valence-corrected chi connectivity index (χ4v) is 4.87. The number of hydrogen-bond donors (Lipinski definition) is 6. The Bertz CT molecular complexity index is 1260. The lowest BCUT2D eigenvalue weighted by atomic mass is 9.94. The summed E-state index contributed by atoms with van der Waals surface area (Å²) in [6, 6.07) is 5.10. The van der Waals surface area contributed by atoms with E-state index in [1.54, 1.807) is 31.2 Å². The van der Waals surface area contributed by atoms with Crippen molar-refractivity contribution >= 4 is 47.3 Å². The number of imide groups is 1. The number of unbranched alkanes of at least 4 members (excludes halogenated alkanes) is 2. The van der Waals surface area contributed by atoms with Crippen molar-refractivity contribution in [2.45, 2.75) is 78.4 Å². The molecule has 1 aliphatic heterocycles. The Hall–Kier alpha value is -4.73. The van der Waals surface area contributed by atoms with E-state index in [-0.39, 0.29) is 68.5 Å². The molecule has 16 heteroatoms. The van der Waals surface area contributed by atoms with Crippen LogP contribution >= 0.6 is 0 Å². The second-order valence-electron chi connectivity index (χ2n) is 11.6. The molecule has 48 heavy (non-hydrogen) atoms. The molecule has 0 spiro atoms. The first-order valence-electron chi connectivity index (χ1n) is 16.2. The summed E-state index contributed by atoms with van der Waals surface area (Å²) in [5.41, 5.74) is 3.27. The maximum Gasteiger partial charge on any atom is 0.407 e. The number of nitrogens with zero attached hydrogens (tertiary/aromatic N) is 1. The number of hydroxylamine groups is 1. The summed E-state index contributed by atoms with van der Waals surface area (Å²) in [5.74, 6) is -1.86. The van der Waals surface area contributed by atoms with Gasteiger partial charge in [-0.3, -0.25) is 33.7 Å². The predicted molar refractivity (Wildman–Crippen MR) is 175 cm³/mol. The molecule has 0 aliphatic carbocycles. The topological polar surface area (TPSA) is 213 Å². The summed E-state index contributed by atoms with van der Waals surface area (Å²) in [6.07, 6.45) is 2.11. The molecule has 1 aromatic carbocycles. The van der Waals surface area contributed by atoms with Crippen molar-refractivity contribution in [1.29, 1.82) is 0 Å². The van der Waals surface area contributed by atoms with Gasteiger partial charge in [-0.2, -0.15) is 0 Å². The predicted octanol–water partition coefficient (Wildman–Crippen LogP) is 1.70. The number of urea groups is 1. The Morgan fingerprint density at radius 1 is 0.938 bits per heavy atom. The van der Waals surface area contributed by atoms with E-state index < -0.39 is 30.0 Å². The normalized spacial score (nSPS) is 14.7. The molecule has 2 unspecified atom stereocenters. The molecule has 6 N–H and O–H groups in total. The average molecular weight is 676 g/mol. The van der Waals surface area contributed by atoms with E-state index in [9.17, 15) is 33.6 Å². The highest BCUT2D eigenvalue weighted by molar-refractivity contribution is 6.03. The standard InChI is InChI=1S/C32H49N7O9/c1-5-33-32(46)48-20-22-12-14-23(15-13-22)36-29(43)25(10-9-16-34-31(45)38-47-4)37-27(41)19-35-26(40)11-7-6-8-17-39-28(42)18-24(21(2)3)30(39)44/h12-15,21,24-25H,5-11,16-20H2,1-4H3,(H,33,46)(H,35,40)(H,36,43)(H,37,41)(H2,34,38,45). The van der Waals surface area contributed by atoms with Gasteiger partial charge in [-0.1, -0.05) is 32.4 Å². The Morgan fingerprint density at radius 3 is 2.31 bits per heavy atom. The van der Waals surface area contributed by atoms with Crippen molar-refractivity contribution in [2.24, 2.45) is 11.8 Å². The van der Waals surface area contributed by atoms with Crippen LogP contribution in [0, 0.1) is 11.8 Å². The van der Waals surface area contributed by atoms with Crippen molar-refractivity contribution in [3.63, 3.8) is 0 Å². The van der Waals surface area contributed by atoms with Crippen LogP contribution in [-0.4, -0.2) is 85.9 Å². The van der Waals surface area contributed by atoms with Gasteiger partial charge in [0.15, 0.2) is 0 Å². The molecule has 1 heterocycles. The first kappa shape index (κ1) is 39.4. The Morgan fingerprint density at radius 2 is 1.67 bits per heavy atom. The maximum absolute atomic E-state index is 13.1. The summed E-state index contributed by atoms with van der Waals surface area (Å²) >= 11 is 0. The van der Waals surface area contributed by atoms with Gasteiger partial charge in [-0.15, -0.1) is 0 Å². The highest BCUT2D eigenvalue weighted by Gasteiger charge is 2.39. The van der Waals surface area contributed by atoms with Gasteiger partial charge in [-0.05, 0) is 56.2 Å². The summed E-state index contributed by atoms with van der Waals surface area (Å²) in [7, 11) is 1.29. The van der Waals surface area contributed by atoms with Gasteiger partial charge in [-0.25, -0.2) is 15.1 Å². The molecule has 266 valence electrons. The van der Waals surface area contributed by atoms with Crippen molar-refractivity contribution in [3.8, 4) is 0 Å². The van der Waals surface area contributed by atoms with Crippen LogP contribution in [0.15, 0.2) is 24.3 Å². The van der Waals surface area contributed by atoms with Gasteiger partial charge in [0.05, 0.1) is 13.7 Å². The SMILES string of the molecule is CCNC(=O)OCc1ccc(NC(=O)C(CCCNC(=O)NOC)NC(=O)CNC(=O)CCCCCN2C(=O)CC(C(C)C)C2=O)cc1. The van der Waals surface area contributed by atoms with Crippen molar-refractivity contribution < 1.29 is 43.1 Å². The van der Waals surface area contributed by atoms with Crippen LogP contribution in [0.1, 0.15) is 71.3 Å². The quantitative estimate of drug-likeness (QED) is 0.0673. The molecular formula is C32H49N7O9. The number of anilines is 1. The summed E-state index contributed by atoms with van der Waals surface area (Å²) in [4.78, 5) is 91.7. The zero-order valence-corrected chi connectivity index (χ0v) is 28.1. The number of likely N-dealkylation sites (tertiary alicyclic amines) is 1. The van der Waals surface area contributed by atoms with Crippen LogP contribution in [0.4, 0.5) is 15.3 Å². The minimum Gasteiger partial charge on any atom is -0.445 e. The molecule has 1 aromatic rings. The zero-order chi connectivity index (χ0) is 35.5. The molecule has 1 aliphatic rings. The molecule has 0 radical (unpaired) electrons. The molecule has 1 saturated heterocycles. The molecule has 0 saturated carbocycles. The third-order valence-electron chi connectivity index (χ3n) is 7.53. The average Bonchev–Trinajstić information content (AvgIpc) is 3.33. The second-order valence-corrected chi connectivity index (χ2v) is 11.6. The molecule has 2 atom stereocenters. The van der Waals surface area contributed by atoms with Crippen molar-refractivity contribution in [3.05, 3.63) is 29.8 Å². The number of ether oxygens (including phenoxy) is 1. The van der Waals surface area contributed by atoms with Crippen LogP contribution < -0.4 is 32.1 Å². The number of carbonyl (C=O) groups excluding carboxylic acids is 7. The second kappa shape index (κ2) is 21.2. The molecule has 0 bridgehead atoms. The third-order valence-corrected chi connectivity index (χ3v) is 7.53. The molecule has 8 amide bonds. The van der Waals surface area contributed by atoms with E-state index in [0.29, 0.717) is 50.0 Å². The van der Waals surface area contributed by atoms with E-state index in [0.717, 1.165) is 0 Å². The van der Waals surface area contributed by atoms with Crippen LogP contribution in [0.2, 0.25) is 0 Å². The summed E-state index contributed by atoms with van der Waals surface area (Å²) < 4.78 is 5.09. The number of carbonyl (C=O) groups is 7. The molecule has 0 aromatic heterocycles. The Labute approximate surface area is 280 Å².